The van der Waals surface area contributed by atoms with Crippen molar-refractivity contribution in [1.82, 2.24) is 9.55 Å². The number of nitrogens with zero attached hydrogens (tertiary/aromatic N) is 2. The van der Waals surface area contributed by atoms with E-state index in [1.165, 1.54) is 23.1 Å². The maximum atomic E-state index is 12.8. The zero-order valence-electron chi connectivity index (χ0n) is 16.7. The zero-order chi connectivity index (χ0) is 21.3. The van der Waals surface area contributed by atoms with E-state index < -0.39 is 11.2 Å². The molecule has 0 aliphatic heterocycles. The number of methoxy groups -OCH3 is 1. The van der Waals surface area contributed by atoms with Crippen molar-refractivity contribution < 1.29 is 14.3 Å². The number of carbonyl (C=O) groups excluding carboxylic acids is 2. The Labute approximate surface area is 182 Å². The molecule has 1 atom stereocenters. The number of thiophene rings is 1. The van der Waals surface area contributed by atoms with Gasteiger partial charge < -0.3 is 15.8 Å². The van der Waals surface area contributed by atoms with Crippen molar-refractivity contribution in [2.45, 2.75) is 36.6 Å². The van der Waals surface area contributed by atoms with Gasteiger partial charge in [-0.25, -0.2) is 4.98 Å². The number of nitrogens with one attached hydrogen (secondary N) is 1. The van der Waals surface area contributed by atoms with Crippen LogP contribution in [0.4, 0.5) is 5.00 Å². The van der Waals surface area contributed by atoms with Crippen LogP contribution in [0.25, 0.3) is 5.69 Å². The van der Waals surface area contributed by atoms with Crippen LogP contribution in [0.5, 0.6) is 5.75 Å². The van der Waals surface area contributed by atoms with Gasteiger partial charge in [0.25, 0.3) is 5.91 Å². The van der Waals surface area contributed by atoms with Gasteiger partial charge in [0.1, 0.15) is 10.8 Å². The molecule has 1 aliphatic rings. The summed E-state index contributed by atoms with van der Waals surface area (Å²) in [6.07, 6.45) is 6.34. The molecule has 0 saturated heterocycles. The fraction of sp³-hybridized carbons (Fsp3) is 0.286. The summed E-state index contributed by atoms with van der Waals surface area (Å²) in [5.41, 5.74) is 7.98. The molecule has 30 heavy (non-hydrogen) atoms. The van der Waals surface area contributed by atoms with Crippen molar-refractivity contribution in [3.05, 3.63) is 52.7 Å². The minimum atomic E-state index is -0.486. The lowest BCUT2D eigenvalue weighted by Crippen LogP contribution is -2.24. The number of rotatable bonds is 7. The maximum absolute atomic E-state index is 12.8. The topological polar surface area (TPSA) is 99.2 Å². The summed E-state index contributed by atoms with van der Waals surface area (Å²) in [6.45, 7) is 1.82. The van der Waals surface area contributed by atoms with E-state index in [1.807, 2.05) is 42.0 Å². The summed E-state index contributed by atoms with van der Waals surface area (Å²) in [4.78, 5) is 30.3. The molecule has 3 N–H and O–H groups in total. The molecule has 9 heteroatoms. The number of hydrogen-bond acceptors (Lipinski definition) is 6. The highest BCUT2D eigenvalue weighted by Gasteiger charge is 2.27. The first kappa shape index (κ1) is 20.5. The van der Waals surface area contributed by atoms with Crippen molar-refractivity contribution in [3.8, 4) is 11.4 Å². The summed E-state index contributed by atoms with van der Waals surface area (Å²) in [6, 6.07) is 7.62. The van der Waals surface area contributed by atoms with E-state index in [1.54, 1.807) is 13.3 Å². The molecular weight excluding hydrogens is 420 g/mol. The first-order valence-corrected chi connectivity index (χ1v) is 11.3. The number of carbonyl (C=O) groups is 2. The number of aryl methyl sites for hydroxylation is 1. The fourth-order valence-electron chi connectivity index (χ4n) is 3.49. The number of fused-ring (bicyclic) bond motifs is 1. The standard InChI is InChI=1S/C21H22N4O3S2/c1-12(19(27)24-20-17(18(22)26)15-4-3-5-16(15)30-20)29-21-23-10-11-25(21)13-6-8-14(28-2)9-7-13/h6-12H,3-5H2,1-2H3,(H2,22,26)(H,24,27). The van der Waals surface area contributed by atoms with Gasteiger partial charge in [0, 0.05) is 23.0 Å². The van der Waals surface area contributed by atoms with Gasteiger partial charge in [-0.05, 0) is 56.0 Å². The second-order valence-corrected chi connectivity index (χ2v) is 9.37. The molecule has 2 heterocycles. The van der Waals surface area contributed by atoms with Gasteiger partial charge in [-0.1, -0.05) is 11.8 Å². The molecule has 0 fully saturated rings. The predicted octanol–water partition coefficient (Wildman–Crippen LogP) is 3.65. The van der Waals surface area contributed by atoms with Crippen LogP contribution in [0.3, 0.4) is 0 Å². The second kappa shape index (κ2) is 8.53. The number of thioether (sulfide) groups is 1. The van der Waals surface area contributed by atoms with Crippen molar-refractivity contribution in [2.24, 2.45) is 5.73 Å². The van der Waals surface area contributed by atoms with Gasteiger partial charge in [-0.2, -0.15) is 0 Å². The van der Waals surface area contributed by atoms with E-state index in [4.69, 9.17) is 10.5 Å². The average Bonchev–Trinajstić information content (AvgIpc) is 3.43. The summed E-state index contributed by atoms with van der Waals surface area (Å²) in [7, 11) is 1.62. The molecule has 0 bridgehead atoms. The molecule has 0 radical (unpaired) electrons. The molecule has 0 saturated carbocycles. The molecule has 1 aromatic carbocycles. The van der Waals surface area contributed by atoms with Crippen molar-refractivity contribution >= 4 is 39.9 Å². The molecule has 3 aromatic rings. The molecule has 2 amide bonds. The van der Waals surface area contributed by atoms with Crippen LogP contribution in [-0.4, -0.2) is 33.7 Å². The van der Waals surface area contributed by atoms with Crippen molar-refractivity contribution in [1.29, 1.82) is 0 Å². The minimum Gasteiger partial charge on any atom is -0.497 e. The highest BCUT2D eigenvalue weighted by molar-refractivity contribution is 8.00. The van der Waals surface area contributed by atoms with Crippen LogP contribution in [0.2, 0.25) is 0 Å². The van der Waals surface area contributed by atoms with Crippen molar-refractivity contribution in [3.63, 3.8) is 0 Å². The van der Waals surface area contributed by atoms with Gasteiger partial charge in [0.05, 0.1) is 17.9 Å². The third kappa shape index (κ3) is 3.95. The summed E-state index contributed by atoms with van der Waals surface area (Å²) in [5.74, 6) is 0.0978. The number of primary amides is 1. The van der Waals surface area contributed by atoms with E-state index in [0.717, 1.165) is 41.1 Å². The lowest BCUT2D eigenvalue weighted by atomic mass is 10.1. The lowest BCUT2D eigenvalue weighted by molar-refractivity contribution is -0.115. The molecule has 7 nitrogen and oxygen atoms in total. The highest BCUT2D eigenvalue weighted by Crippen LogP contribution is 2.39. The Morgan fingerprint density at radius 3 is 2.77 bits per heavy atom. The molecule has 156 valence electrons. The summed E-state index contributed by atoms with van der Waals surface area (Å²) < 4.78 is 7.12. The van der Waals surface area contributed by atoms with E-state index >= 15 is 0 Å². The van der Waals surface area contributed by atoms with E-state index in [-0.39, 0.29) is 5.91 Å². The Bertz CT molecular complexity index is 1090. The average molecular weight is 443 g/mol. The van der Waals surface area contributed by atoms with E-state index in [9.17, 15) is 9.59 Å². The minimum absolute atomic E-state index is 0.188. The maximum Gasteiger partial charge on any atom is 0.251 e. The summed E-state index contributed by atoms with van der Waals surface area (Å²) >= 11 is 2.81. The molecule has 1 unspecified atom stereocenters. The fourth-order valence-corrected chi connectivity index (χ4v) is 5.68. The number of hydrogen-bond donors (Lipinski definition) is 2. The van der Waals surface area contributed by atoms with Gasteiger partial charge in [0.15, 0.2) is 5.16 Å². The van der Waals surface area contributed by atoms with Gasteiger partial charge in [-0.3, -0.25) is 14.2 Å². The third-order valence-electron chi connectivity index (χ3n) is 5.01. The van der Waals surface area contributed by atoms with Gasteiger partial charge in [-0.15, -0.1) is 11.3 Å². The van der Waals surface area contributed by atoms with Crippen LogP contribution >= 0.6 is 23.1 Å². The van der Waals surface area contributed by atoms with Crippen LogP contribution < -0.4 is 15.8 Å². The number of ether oxygens (including phenoxy) is 1. The first-order valence-electron chi connectivity index (χ1n) is 9.57. The van der Waals surface area contributed by atoms with Gasteiger partial charge in [0.2, 0.25) is 5.91 Å². The number of aromatic nitrogens is 2. The lowest BCUT2D eigenvalue weighted by Gasteiger charge is -2.13. The quantitative estimate of drug-likeness (QED) is 0.544. The Morgan fingerprint density at radius 2 is 2.07 bits per heavy atom. The molecule has 1 aliphatic carbocycles. The SMILES string of the molecule is COc1ccc(-n2ccnc2SC(C)C(=O)Nc2sc3c(c2C(N)=O)CCC3)cc1. The van der Waals surface area contributed by atoms with E-state index in [0.29, 0.717) is 15.7 Å². The number of benzene rings is 1. The Morgan fingerprint density at radius 1 is 1.30 bits per heavy atom. The molecule has 4 rings (SSSR count). The highest BCUT2D eigenvalue weighted by atomic mass is 32.2. The third-order valence-corrected chi connectivity index (χ3v) is 7.30. The molecule has 2 aromatic heterocycles. The Hall–Kier alpha value is -2.78. The monoisotopic (exact) mass is 442 g/mol. The first-order chi connectivity index (χ1) is 14.5. The smallest absolute Gasteiger partial charge is 0.251 e. The number of amides is 2. The largest absolute Gasteiger partial charge is 0.497 e. The number of imidazole rings is 1. The zero-order valence-corrected chi connectivity index (χ0v) is 18.3. The Kier molecular flexibility index (Phi) is 5.83. The number of nitrogens with two attached hydrogens (primary N) is 1. The second-order valence-electron chi connectivity index (χ2n) is 6.95. The Balaban J connectivity index is 1.49. The number of anilines is 1. The predicted molar refractivity (Wildman–Crippen MR) is 119 cm³/mol. The normalized spacial score (nSPS) is 13.7. The summed E-state index contributed by atoms with van der Waals surface area (Å²) in [5, 5.41) is 3.76. The van der Waals surface area contributed by atoms with Crippen LogP contribution in [-0.2, 0) is 17.6 Å². The molecule has 0 spiro atoms. The van der Waals surface area contributed by atoms with Crippen LogP contribution in [0, 0.1) is 0 Å². The van der Waals surface area contributed by atoms with Crippen LogP contribution in [0.1, 0.15) is 34.1 Å². The van der Waals surface area contributed by atoms with Gasteiger partial charge >= 0.3 is 0 Å². The van der Waals surface area contributed by atoms with Crippen LogP contribution in [0.15, 0.2) is 41.8 Å². The van der Waals surface area contributed by atoms with E-state index in [2.05, 4.69) is 10.3 Å². The molecular formula is C21H22N4O3S2. The van der Waals surface area contributed by atoms with Crippen molar-refractivity contribution in [2.75, 3.05) is 12.4 Å².